The fourth-order valence-electron chi connectivity index (χ4n) is 3.56. The number of carbonyl (C=O) groups is 2. The van der Waals surface area contributed by atoms with E-state index < -0.39 is 0 Å². The normalized spacial score (nSPS) is 12.9. The zero-order valence-electron chi connectivity index (χ0n) is 19.4. The van der Waals surface area contributed by atoms with E-state index in [0.717, 1.165) is 42.2 Å². The number of hydrogen-bond donors (Lipinski definition) is 1. The molecule has 2 rings (SSSR count). The number of nitrogens with zero attached hydrogens (tertiary/aromatic N) is 1. The van der Waals surface area contributed by atoms with Crippen LogP contribution in [0.4, 0.5) is 0 Å². The Kier molecular flexibility index (Phi) is 10.3. The summed E-state index contributed by atoms with van der Waals surface area (Å²) in [5, 5.41) is 0. The summed E-state index contributed by atoms with van der Waals surface area (Å²) in [6.45, 7) is 10.0. The molecule has 170 valence electrons. The third kappa shape index (κ3) is 8.21. The molecule has 0 spiro atoms. The molecule has 1 unspecified atom stereocenters. The van der Waals surface area contributed by atoms with E-state index in [1.165, 1.54) is 5.56 Å². The van der Waals surface area contributed by atoms with Crippen molar-refractivity contribution in [3.05, 3.63) is 59.5 Å². The number of esters is 1. The first-order valence-electron chi connectivity index (χ1n) is 11.3. The van der Waals surface area contributed by atoms with Crippen molar-refractivity contribution in [2.24, 2.45) is 0 Å². The zero-order chi connectivity index (χ0) is 22.6. The topological polar surface area (TPSA) is 64.2 Å². The SMILES string of the molecule is CCCC[NH+](CC(=O)N(CCc1ccccc1)Cc1ccc(C)o1)[C@@H](C)C(=O)OCC. The van der Waals surface area contributed by atoms with Gasteiger partial charge in [0.15, 0.2) is 12.6 Å². The summed E-state index contributed by atoms with van der Waals surface area (Å²) < 4.78 is 10.9. The molecule has 0 aliphatic heterocycles. The molecule has 1 N–H and O–H groups in total. The first kappa shape index (κ1) is 24.7. The molecule has 0 bridgehead atoms. The minimum Gasteiger partial charge on any atom is -0.464 e. The number of furan rings is 1. The fourth-order valence-corrected chi connectivity index (χ4v) is 3.56. The van der Waals surface area contributed by atoms with Gasteiger partial charge in [-0.15, -0.1) is 0 Å². The number of hydrogen-bond acceptors (Lipinski definition) is 4. The predicted molar refractivity (Wildman–Crippen MR) is 121 cm³/mol. The van der Waals surface area contributed by atoms with Gasteiger partial charge in [0.05, 0.1) is 19.7 Å². The van der Waals surface area contributed by atoms with Gasteiger partial charge in [-0.3, -0.25) is 4.79 Å². The van der Waals surface area contributed by atoms with E-state index in [9.17, 15) is 9.59 Å². The molecule has 0 saturated heterocycles. The third-order valence-electron chi connectivity index (χ3n) is 5.49. The fraction of sp³-hybridized carbons (Fsp3) is 0.520. The van der Waals surface area contributed by atoms with Crippen LogP contribution in [0.2, 0.25) is 0 Å². The van der Waals surface area contributed by atoms with Crippen molar-refractivity contribution in [1.82, 2.24) is 4.90 Å². The van der Waals surface area contributed by atoms with Crippen molar-refractivity contribution in [2.75, 3.05) is 26.2 Å². The van der Waals surface area contributed by atoms with Crippen molar-refractivity contribution in [2.45, 2.75) is 59.5 Å². The average Bonchev–Trinajstić information content (AvgIpc) is 3.18. The number of benzene rings is 1. The quantitative estimate of drug-likeness (QED) is 0.498. The Balaban J connectivity index is 2.12. The van der Waals surface area contributed by atoms with Crippen LogP contribution in [-0.4, -0.2) is 49.1 Å². The van der Waals surface area contributed by atoms with Crippen LogP contribution in [0.5, 0.6) is 0 Å². The highest BCUT2D eigenvalue weighted by molar-refractivity contribution is 5.78. The summed E-state index contributed by atoms with van der Waals surface area (Å²) in [6, 6.07) is 13.6. The minimum atomic E-state index is -0.378. The molecule has 1 heterocycles. The van der Waals surface area contributed by atoms with E-state index >= 15 is 0 Å². The van der Waals surface area contributed by atoms with Crippen LogP contribution in [0.15, 0.2) is 46.9 Å². The summed E-state index contributed by atoms with van der Waals surface area (Å²) >= 11 is 0. The second-order valence-corrected chi connectivity index (χ2v) is 7.98. The predicted octanol–water partition coefficient (Wildman–Crippen LogP) is 2.80. The summed E-state index contributed by atoms with van der Waals surface area (Å²) in [5.41, 5.74) is 1.19. The number of aryl methyl sites for hydroxylation is 1. The molecule has 0 fully saturated rings. The lowest BCUT2D eigenvalue weighted by Gasteiger charge is -2.28. The maximum Gasteiger partial charge on any atom is 0.364 e. The van der Waals surface area contributed by atoms with E-state index in [1.807, 2.05) is 49.1 Å². The average molecular weight is 430 g/mol. The van der Waals surface area contributed by atoms with Crippen molar-refractivity contribution in [3.8, 4) is 0 Å². The molecular weight excluding hydrogens is 392 g/mol. The lowest BCUT2D eigenvalue weighted by molar-refractivity contribution is -0.907. The van der Waals surface area contributed by atoms with Gasteiger partial charge in [-0.05, 0) is 51.3 Å². The van der Waals surface area contributed by atoms with Crippen LogP contribution in [0, 0.1) is 6.92 Å². The van der Waals surface area contributed by atoms with Crippen molar-refractivity contribution >= 4 is 11.9 Å². The lowest BCUT2D eigenvalue weighted by atomic mass is 10.1. The zero-order valence-corrected chi connectivity index (χ0v) is 19.4. The van der Waals surface area contributed by atoms with Gasteiger partial charge in [0, 0.05) is 6.54 Å². The van der Waals surface area contributed by atoms with Crippen LogP contribution in [-0.2, 0) is 27.3 Å². The molecule has 1 amide bonds. The van der Waals surface area contributed by atoms with E-state index in [-0.39, 0.29) is 24.5 Å². The van der Waals surface area contributed by atoms with Crippen LogP contribution >= 0.6 is 0 Å². The van der Waals surface area contributed by atoms with Crippen molar-refractivity contribution < 1.29 is 23.6 Å². The molecule has 1 aromatic heterocycles. The number of ether oxygens (including phenoxy) is 1. The van der Waals surface area contributed by atoms with E-state index in [4.69, 9.17) is 9.15 Å². The highest BCUT2D eigenvalue weighted by Crippen LogP contribution is 2.11. The summed E-state index contributed by atoms with van der Waals surface area (Å²) in [4.78, 5) is 28.5. The van der Waals surface area contributed by atoms with Crippen LogP contribution in [0.25, 0.3) is 0 Å². The molecule has 0 aliphatic rings. The first-order chi connectivity index (χ1) is 14.9. The van der Waals surface area contributed by atoms with Gasteiger partial charge in [0.1, 0.15) is 11.5 Å². The van der Waals surface area contributed by atoms with Gasteiger partial charge >= 0.3 is 5.97 Å². The van der Waals surface area contributed by atoms with Gasteiger partial charge in [-0.1, -0.05) is 43.7 Å². The second-order valence-electron chi connectivity index (χ2n) is 7.98. The summed E-state index contributed by atoms with van der Waals surface area (Å²) in [6.07, 6.45) is 2.73. The highest BCUT2D eigenvalue weighted by atomic mass is 16.5. The Morgan fingerprint density at radius 2 is 1.87 bits per heavy atom. The molecule has 1 aromatic carbocycles. The van der Waals surface area contributed by atoms with Crippen molar-refractivity contribution in [1.29, 1.82) is 0 Å². The van der Waals surface area contributed by atoms with Gasteiger partial charge in [-0.25, -0.2) is 4.79 Å². The standard InChI is InChI=1S/C25H36N2O4/c1-5-7-16-26(21(4)25(29)30-6-2)19-24(28)27(18-23-14-13-20(3)31-23)17-15-22-11-9-8-10-12-22/h8-14,21H,5-7,15-19H2,1-4H3/p+1/t21-/m0/s1. The van der Waals surface area contributed by atoms with Gasteiger partial charge in [0.25, 0.3) is 5.91 Å². The second kappa shape index (κ2) is 13.0. The highest BCUT2D eigenvalue weighted by Gasteiger charge is 2.30. The Bertz CT molecular complexity index is 803. The lowest BCUT2D eigenvalue weighted by Crippen LogP contribution is -3.17. The number of amides is 1. The Morgan fingerprint density at radius 1 is 1.13 bits per heavy atom. The van der Waals surface area contributed by atoms with Gasteiger partial charge < -0.3 is 19.0 Å². The number of quaternary nitrogens is 1. The summed E-state index contributed by atoms with van der Waals surface area (Å²) in [5.74, 6) is 1.37. The number of carbonyl (C=O) groups excluding carboxylic acids is 2. The maximum absolute atomic E-state index is 13.3. The number of rotatable bonds is 13. The van der Waals surface area contributed by atoms with Crippen LogP contribution < -0.4 is 4.90 Å². The number of nitrogens with one attached hydrogen (secondary N) is 1. The Morgan fingerprint density at radius 3 is 2.48 bits per heavy atom. The molecule has 31 heavy (non-hydrogen) atoms. The third-order valence-corrected chi connectivity index (χ3v) is 5.49. The van der Waals surface area contributed by atoms with Crippen molar-refractivity contribution in [3.63, 3.8) is 0 Å². The Labute approximate surface area is 186 Å². The summed E-state index contributed by atoms with van der Waals surface area (Å²) in [7, 11) is 0. The molecule has 2 aromatic rings. The van der Waals surface area contributed by atoms with Crippen LogP contribution in [0.3, 0.4) is 0 Å². The molecule has 0 radical (unpaired) electrons. The van der Waals surface area contributed by atoms with E-state index in [1.54, 1.807) is 6.92 Å². The first-order valence-corrected chi connectivity index (χ1v) is 11.3. The van der Waals surface area contributed by atoms with Crippen LogP contribution in [0.1, 0.15) is 50.7 Å². The smallest absolute Gasteiger partial charge is 0.364 e. The minimum absolute atomic E-state index is 0.0206. The molecular formula is C25H37N2O4+. The maximum atomic E-state index is 13.3. The Hall–Kier alpha value is -2.60. The van der Waals surface area contributed by atoms with E-state index in [2.05, 4.69) is 19.1 Å². The molecule has 0 aliphatic carbocycles. The van der Waals surface area contributed by atoms with Gasteiger partial charge in [0.2, 0.25) is 0 Å². The van der Waals surface area contributed by atoms with E-state index in [0.29, 0.717) is 19.7 Å². The number of unbranched alkanes of at least 4 members (excludes halogenated alkanes) is 1. The molecule has 6 heteroatoms. The monoisotopic (exact) mass is 429 g/mol. The molecule has 0 saturated carbocycles. The van der Waals surface area contributed by atoms with Gasteiger partial charge in [-0.2, -0.15) is 0 Å². The largest absolute Gasteiger partial charge is 0.464 e. The molecule has 2 atom stereocenters. The molecule has 6 nitrogen and oxygen atoms in total.